The summed E-state index contributed by atoms with van der Waals surface area (Å²) in [5.74, 6) is -0.213. The lowest BCUT2D eigenvalue weighted by molar-refractivity contribution is -0.384. The molecule has 0 aliphatic carbocycles. The molecule has 0 bridgehead atoms. The monoisotopic (exact) mass is 269 g/mol. The van der Waals surface area contributed by atoms with Gasteiger partial charge < -0.3 is 0 Å². The number of non-ortho nitro benzene ring substituents is 1. The molecule has 0 aliphatic heterocycles. The summed E-state index contributed by atoms with van der Waals surface area (Å²) in [4.78, 5) is 21.2. The minimum absolute atomic E-state index is 0.0827. The Morgan fingerprint density at radius 1 is 1.61 bits per heavy atom. The smallest absolute Gasteiger partial charge is 0.270 e. The van der Waals surface area contributed by atoms with Gasteiger partial charge in [-0.3, -0.25) is 14.9 Å². The summed E-state index contributed by atoms with van der Waals surface area (Å²) in [6.07, 6.45) is 2.38. The van der Waals surface area contributed by atoms with Crippen molar-refractivity contribution in [3.63, 3.8) is 0 Å². The Balaban J connectivity index is 2.77. The van der Waals surface area contributed by atoms with Crippen molar-refractivity contribution in [2.24, 2.45) is 5.10 Å². The maximum absolute atomic E-state index is 11.1. The molecule has 0 aromatic heterocycles. The summed E-state index contributed by atoms with van der Waals surface area (Å²) in [6, 6.07) is 4.00. The highest BCUT2D eigenvalue weighted by Gasteiger charge is 2.08. The number of nitro benzene ring substituents is 1. The molecule has 7 heteroatoms. The van der Waals surface area contributed by atoms with Crippen LogP contribution in [0.2, 0.25) is 5.02 Å². The van der Waals surface area contributed by atoms with Crippen molar-refractivity contribution in [2.75, 3.05) is 0 Å². The Kier molecular flexibility index (Phi) is 5.26. The zero-order valence-corrected chi connectivity index (χ0v) is 10.5. The van der Waals surface area contributed by atoms with Crippen LogP contribution in [0.4, 0.5) is 5.69 Å². The first kappa shape index (κ1) is 14.1. The van der Waals surface area contributed by atoms with E-state index in [1.807, 2.05) is 6.92 Å². The molecule has 1 rings (SSSR count). The number of nitrogens with one attached hydrogen (secondary N) is 1. The summed E-state index contributed by atoms with van der Waals surface area (Å²) < 4.78 is 0. The number of nitro groups is 1. The average molecular weight is 270 g/mol. The molecule has 0 radical (unpaired) electrons. The van der Waals surface area contributed by atoms with E-state index < -0.39 is 4.92 Å². The van der Waals surface area contributed by atoms with E-state index in [0.717, 1.165) is 6.42 Å². The fraction of sp³-hybridized carbons (Fsp3) is 0.273. The number of carbonyl (C=O) groups excluding carboxylic acids is 1. The molecule has 0 atom stereocenters. The van der Waals surface area contributed by atoms with Gasteiger partial charge in [0.2, 0.25) is 5.91 Å². The first-order valence-corrected chi connectivity index (χ1v) is 5.68. The van der Waals surface area contributed by atoms with Crippen LogP contribution in [-0.4, -0.2) is 17.0 Å². The maximum Gasteiger partial charge on any atom is 0.270 e. The van der Waals surface area contributed by atoms with Gasteiger partial charge >= 0.3 is 0 Å². The number of nitrogens with zero attached hydrogens (tertiary/aromatic N) is 2. The third-order valence-corrected chi connectivity index (χ3v) is 2.40. The SMILES string of the molecule is CCCC(=O)N/N=C/c1cc([N+](=O)[O-])ccc1Cl. The van der Waals surface area contributed by atoms with Gasteiger partial charge in [-0.15, -0.1) is 0 Å². The normalized spacial score (nSPS) is 10.6. The van der Waals surface area contributed by atoms with Gasteiger partial charge in [-0.25, -0.2) is 5.43 Å². The van der Waals surface area contributed by atoms with Crippen molar-refractivity contribution in [3.8, 4) is 0 Å². The van der Waals surface area contributed by atoms with Crippen LogP contribution in [-0.2, 0) is 4.79 Å². The Morgan fingerprint density at radius 2 is 2.33 bits per heavy atom. The number of hydrogen-bond donors (Lipinski definition) is 1. The van der Waals surface area contributed by atoms with Crippen molar-refractivity contribution < 1.29 is 9.72 Å². The van der Waals surface area contributed by atoms with Crippen LogP contribution in [0.3, 0.4) is 0 Å². The van der Waals surface area contributed by atoms with Gasteiger partial charge in [0.1, 0.15) is 0 Å². The van der Waals surface area contributed by atoms with Crippen LogP contribution in [0.25, 0.3) is 0 Å². The summed E-state index contributed by atoms with van der Waals surface area (Å²) in [5.41, 5.74) is 2.60. The molecule has 0 spiro atoms. The molecule has 0 saturated carbocycles. The number of hydrogen-bond acceptors (Lipinski definition) is 4. The van der Waals surface area contributed by atoms with Gasteiger partial charge in [-0.05, 0) is 12.5 Å². The molecule has 96 valence electrons. The summed E-state index contributed by atoms with van der Waals surface area (Å²) in [7, 11) is 0. The summed E-state index contributed by atoms with van der Waals surface area (Å²) in [6.45, 7) is 1.88. The van der Waals surface area contributed by atoms with Gasteiger partial charge in [0.25, 0.3) is 5.69 Å². The molecule has 0 heterocycles. The molecule has 6 nitrogen and oxygen atoms in total. The van der Waals surface area contributed by atoms with Gasteiger partial charge in [-0.1, -0.05) is 18.5 Å². The second-order valence-electron chi connectivity index (χ2n) is 3.51. The Morgan fingerprint density at radius 3 is 2.94 bits per heavy atom. The number of rotatable bonds is 5. The fourth-order valence-electron chi connectivity index (χ4n) is 1.20. The zero-order valence-electron chi connectivity index (χ0n) is 9.72. The molecule has 0 unspecified atom stereocenters. The van der Waals surface area contributed by atoms with Gasteiger partial charge in [0.05, 0.1) is 11.1 Å². The second-order valence-corrected chi connectivity index (χ2v) is 3.91. The van der Waals surface area contributed by atoms with Gasteiger partial charge in [0.15, 0.2) is 0 Å². The Labute approximate surface area is 109 Å². The van der Waals surface area contributed by atoms with E-state index in [1.54, 1.807) is 0 Å². The van der Waals surface area contributed by atoms with Crippen molar-refractivity contribution in [1.82, 2.24) is 5.43 Å². The molecule has 1 aromatic carbocycles. The molecule has 1 aromatic rings. The lowest BCUT2D eigenvalue weighted by Gasteiger charge is -1.99. The predicted octanol–water partition coefficient (Wildman–Crippen LogP) is 2.50. The van der Waals surface area contributed by atoms with Crippen LogP contribution in [0, 0.1) is 10.1 Å². The number of amides is 1. The quantitative estimate of drug-likeness (QED) is 0.506. The maximum atomic E-state index is 11.1. The minimum Gasteiger partial charge on any atom is -0.273 e. The van der Waals surface area contributed by atoms with E-state index >= 15 is 0 Å². The van der Waals surface area contributed by atoms with Gasteiger partial charge in [0, 0.05) is 29.1 Å². The highest BCUT2D eigenvalue weighted by Crippen LogP contribution is 2.20. The second kappa shape index (κ2) is 6.70. The lowest BCUT2D eigenvalue weighted by Crippen LogP contribution is -2.16. The standard InChI is InChI=1S/C11H12ClN3O3/c1-2-3-11(16)14-13-7-8-6-9(15(17)18)4-5-10(8)12/h4-7H,2-3H2,1H3,(H,14,16)/b13-7+. The Bertz CT molecular complexity index is 488. The minimum atomic E-state index is -0.524. The summed E-state index contributed by atoms with van der Waals surface area (Å²) >= 11 is 5.85. The third kappa shape index (κ3) is 4.14. The molecule has 1 N–H and O–H groups in total. The van der Waals surface area contributed by atoms with E-state index in [9.17, 15) is 14.9 Å². The van der Waals surface area contributed by atoms with Crippen LogP contribution >= 0.6 is 11.6 Å². The molecule has 0 fully saturated rings. The Hall–Kier alpha value is -1.95. The molecule has 0 saturated heterocycles. The zero-order chi connectivity index (χ0) is 13.5. The molecule has 0 aliphatic rings. The average Bonchev–Trinajstić information content (AvgIpc) is 2.31. The van der Waals surface area contributed by atoms with Crippen LogP contribution in [0.15, 0.2) is 23.3 Å². The van der Waals surface area contributed by atoms with Crippen LogP contribution < -0.4 is 5.43 Å². The van der Waals surface area contributed by atoms with Crippen molar-refractivity contribution in [2.45, 2.75) is 19.8 Å². The van der Waals surface area contributed by atoms with Crippen molar-refractivity contribution in [1.29, 1.82) is 0 Å². The number of carbonyl (C=O) groups is 1. The van der Waals surface area contributed by atoms with E-state index in [2.05, 4.69) is 10.5 Å². The van der Waals surface area contributed by atoms with E-state index in [1.165, 1.54) is 24.4 Å². The lowest BCUT2D eigenvalue weighted by atomic mass is 10.2. The predicted molar refractivity (Wildman–Crippen MR) is 68.8 cm³/mol. The fourth-order valence-corrected chi connectivity index (χ4v) is 1.37. The van der Waals surface area contributed by atoms with Crippen LogP contribution in [0.5, 0.6) is 0 Å². The first-order chi connectivity index (χ1) is 8.54. The topological polar surface area (TPSA) is 84.6 Å². The van der Waals surface area contributed by atoms with Crippen molar-refractivity contribution >= 4 is 29.4 Å². The highest BCUT2D eigenvalue weighted by atomic mass is 35.5. The number of benzene rings is 1. The number of halogens is 1. The molecule has 18 heavy (non-hydrogen) atoms. The molecule has 1 amide bonds. The summed E-state index contributed by atoms with van der Waals surface area (Å²) in [5, 5.41) is 14.6. The van der Waals surface area contributed by atoms with Crippen molar-refractivity contribution in [3.05, 3.63) is 38.9 Å². The van der Waals surface area contributed by atoms with E-state index in [0.29, 0.717) is 17.0 Å². The largest absolute Gasteiger partial charge is 0.273 e. The van der Waals surface area contributed by atoms with Crippen LogP contribution in [0.1, 0.15) is 25.3 Å². The van der Waals surface area contributed by atoms with E-state index in [4.69, 9.17) is 11.6 Å². The van der Waals surface area contributed by atoms with Gasteiger partial charge in [-0.2, -0.15) is 5.10 Å². The number of hydrazone groups is 1. The van der Waals surface area contributed by atoms with E-state index in [-0.39, 0.29) is 11.6 Å². The molecular formula is C11H12ClN3O3. The molecular weight excluding hydrogens is 258 g/mol. The highest BCUT2D eigenvalue weighted by molar-refractivity contribution is 6.33. The third-order valence-electron chi connectivity index (χ3n) is 2.06. The first-order valence-electron chi connectivity index (χ1n) is 5.30.